The molecule has 2 aliphatic rings. The van der Waals surface area contributed by atoms with E-state index in [2.05, 4.69) is 16.3 Å². The largest absolute Gasteiger partial charge is 0.354 e. The van der Waals surface area contributed by atoms with Gasteiger partial charge in [-0.05, 0) is 35.6 Å². The summed E-state index contributed by atoms with van der Waals surface area (Å²) >= 11 is 1.71. The van der Waals surface area contributed by atoms with E-state index in [-0.39, 0.29) is 11.9 Å². The fourth-order valence-corrected chi connectivity index (χ4v) is 3.96. The first-order valence-electron chi connectivity index (χ1n) is 6.46. The van der Waals surface area contributed by atoms with Crippen molar-refractivity contribution in [2.75, 3.05) is 16.8 Å². The Balaban J connectivity index is 1.91. The van der Waals surface area contributed by atoms with Crippen molar-refractivity contribution in [3.8, 4) is 6.07 Å². The second-order valence-corrected chi connectivity index (χ2v) is 5.95. The van der Waals surface area contributed by atoms with Gasteiger partial charge in [0.2, 0.25) is 0 Å². The lowest BCUT2D eigenvalue weighted by molar-refractivity contribution is -0.117. The van der Waals surface area contributed by atoms with Gasteiger partial charge < -0.3 is 10.2 Å². The number of amides is 1. The van der Waals surface area contributed by atoms with Crippen molar-refractivity contribution >= 4 is 28.6 Å². The van der Waals surface area contributed by atoms with Crippen LogP contribution in [0.4, 0.5) is 11.4 Å². The van der Waals surface area contributed by atoms with Crippen LogP contribution >= 0.6 is 11.3 Å². The van der Waals surface area contributed by atoms with Gasteiger partial charge in [-0.1, -0.05) is 6.07 Å². The number of nitrogens with zero attached hydrogens (tertiary/aromatic N) is 2. The Morgan fingerprint density at radius 3 is 3.15 bits per heavy atom. The fraction of sp³-hybridized carbons (Fsp3) is 0.200. The first-order valence-corrected chi connectivity index (χ1v) is 7.34. The fourth-order valence-electron chi connectivity index (χ4n) is 3.05. The predicted molar refractivity (Wildman–Crippen MR) is 77.9 cm³/mol. The van der Waals surface area contributed by atoms with Crippen molar-refractivity contribution in [3.05, 3.63) is 45.6 Å². The molecular formula is C15H11N3OS. The van der Waals surface area contributed by atoms with E-state index in [1.165, 1.54) is 4.88 Å². The smallest absolute Gasteiger partial charge is 0.251 e. The second kappa shape index (κ2) is 4.09. The monoisotopic (exact) mass is 281 g/mol. The molecule has 20 heavy (non-hydrogen) atoms. The molecule has 1 unspecified atom stereocenters. The molecule has 1 aromatic heterocycles. The van der Waals surface area contributed by atoms with Crippen LogP contribution in [0.25, 0.3) is 0 Å². The molecule has 4 rings (SSSR count). The SMILES string of the molecule is N#Cc1cccc2c1NC(=O)C1c3ccsc3CCN21. The number of carbonyl (C=O) groups is 1. The van der Waals surface area contributed by atoms with E-state index in [0.717, 1.165) is 24.2 Å². The summed E-state index contributed by atoms with van der Waals surface area (Å²) < 4.78 is 0. The third-order valence-electron chi connectivity index (χ3n) is 3.93. The van der Waals surface area contributed by atoms with Gasteiger partial charge in [-0.25, -0.2) is 0 Å². The number of thiophene rings is 1. The maximum absolute atomic E-state index is 12.5. The normalized spacial score (nSPS) is 19.4. The lowest BCUT2D eigenvalue weighted by Gasteiger charge is -2.41. The van der Waals surface area contributed by atoms with Gasteiger partial charge in [0, 0.05) is 11.4 Å². The molecule has 3 heterocycles. The average molecular weight is 281 g/mol. The first kappa shape index (κ1) is 11.5. The highest BCUT2D eigenvalue weighted by atomic mass is 32.1. The van der Waals surface area contributed by atoms with Crippen molar-refractivity contribution in [2.24, 2.45) is 0 Å². The van der Waals surface area contributed by atoms with Crippen molar-refractivity contribution in [1.29, 1.82) is 5.26 Å². The number of nitrogens with one attached hydrogen (secondary N) is 1. The molecule has 0 aliphatic carbocycles. The Morgan fingerprint density at radius 2 is 2.30 bits per heavy atom. The number of carbonyl (C=O) groups excluding carboxylic acids is 1. The maximum atomic E-state index is 12.5. The molecule has 2 aromatic rings. The van der Waals surface area contributed by atoms with E-state index in [9.17, 15) is 10.1 Å². The highest BCUT2D eigenvalue weighted by molar-refractivity contribution is 7.10. The first-order chi connectivity index (χ1) is 9.79. The van der Waals surface area contributed by atoms with Crippen LogP contribution in [0.15, 0.2) is 29.6 Å². The van der Waals surface area contributed by atoms with Gasteiger partial charge in [-0.2, -0.15) is 5.26 Å². The number of para-hydroxylation sites is 1. The van der Waals surface area contributed by atoms with Crippen LogP contribution in [-0.2, 0) is 11.2 Å². The standard InChI is InChI=1S/C15H11N3OS/c16-8-9-2-1-3-11-13(9)17-15(19)14-10-5-7-20-12(10)4-6-18(11)14/h1-3,5,7,14H,4,6H2,(H,17,19). The maximum Gasteiger partial charge on any atom is 0.251 e. The van der Waals surface area contributed by atoms with Crippen molar-refractivity contribution in [2.45, 2.75) is 12.5 Å². The van der Waals surface area contributed by atoms with Gasteiger partial charge >= 0.3 is 0 Å². The Kier molecular flexibility index (Phi) is 2.35. The van der Waals surface area contributed by atoms with Crippen LogP contribution in [0.3, 0.4) is 0 Å². The van der Waals surface area contributed by atoms with Crippen molar-refractivity contribution in [1.82, 2.24) is 0 Å². The summed E-state index contributed by atoms with van der Waals surface area (Å²) in [6.07, 6.45) is 0.951. The molecule has 0 saturated carbocycles. The van der Waals surface area contributed by atoms with Gasteiger partial charge in [0.05, 0.1) is 16.9 Å². The Hall–Kier alpha value is -2.32. The molecule has 2 aliphatic heterocycles. The van der Waals surface area contributed by atoms with Crippen molar-refractivity contribution in [3.63, 3.8) is 0 Å². The van der Waals surface area contributed by atoms with Crippen LogP contribution in [0.2, 0.25) is 0 Å². The third kappa shape index (κ3) is 1.43. The number of hydrogen-bond acceptors (Lipinski definition) is 4. The number of benzene rings is 1. The van der Waals surface area contributed by atoms with Crippen LogP contribution in [0, 0.1) is 11.3 Å². The van der Waals surface area contributed by atoms with Crippen molar-refractivity contribution < 1.29 is 4.79 Å². The summed E-state index contributed by atoms with van der Waals surface area (Å²) in [7, 11) is 0. The Bertz CT molecular complexity index is 759. The molecule has 1 amide bonds. The van der Waals surface area contributed by atoms with Crippen LogP contribution < -0.4 is 10.2 Å². The van der Waals surface area contributed by atoms with Crippen LogP contribution in [0.5, 0.6) is 0 Å². The predicted octanol–water partition coefficient (Wildman–Crippen LogP) is 2.68. The Morgan fingerprint density at radius 1 is 1.40 bits per heavy atom. The van der Waals surface area contributed by atoms with E-state index in [1.54, 1.807) is 17.4 Å². The summed E-state index contributed by atoms with van der Waals surface area (Å²) in [6, 6.07) is 9.50. The molecule has 0 spiro atoms. The summed E-state index contributed by atoms with van der Waals surface area (Å²) in [4.78, 5) is 15.9. The molecule has 1 aromatic carbocycles. The van der Waals surface area contributed by atoms with Gasteiger partial charge in [0.25, 0.3) is 5.91 Å². The molecule has 1 N–H and O–H groups in total. The van der Waals surface area contributed by atoms with E-state index < -0.39 is 0 Å². The lowest BCUT2D eigenvalue weighted by atomic mass is 9.94. The summed E-state index contributed by atoms with van der Waals surface area (Å²) in [5.74, 6) is -0.0421. The van der Waals surface area contributed by atoms with Gasteiger partial charge in [0.1, 0.15) is 12.1 Å². The Labute approximate surface area is 120 Å². The average Bonchev–Trinajstić information content (AvgIpc) is 2.94. The lowest BCUT2D eigenvalue weighted by Crippen LogP contribution is -2.45. The minimum atomic E-state index is -0.258. The van der Waals surface area contributed by atoms with E-state index in [1.807, 2.05) is 23.6 Å². The van der Waals surface area contributed by atoms with Gasteiger partial charge in [0.15, 0.2) is 0 Å². The molecule has 98 valence electrons. The third-order valence-corrected chi connectivity index (χ3v) is 4.93. The zero-order valence-electron chi connectivity index (χ0n) is 10.6. The number of hydrogen-bond donors (Lipinski definition) is 1. The van der Waals surface area contributed by atoms with Gasteiger partial charge in [-0.3, -0.25) is 4.79 Å². The number of fused-ring (bicyclic) bond motifs is 5. The van der Waals surface area contributed by atoms with E-state index in [4.69, 9.17) is 0 Å². The number of rotatable bonds is 0. The van der Waals surface area contributed by atoms with E-state index >= 15 is 0 Å². The molecule has 0 saturated heterocycles. The van der Waals surface area contributed by atoms with Crippen LogP contribution in [0.1, 0.15) is 22.0 Å². The quantitative estimate of drug-likeness (QED) is 0.807. The highest BCUT2D eigenvalue weighted by Crippen LogP contribution is 2.44. The zero-order valence-corrected chi connectivity index (χ0v) is 11.4. The second-order valence-electron chi connectivity index (χ2n) is 4.95. The summed E-state index contributed by atoms with van der Waals surface area (Å²) in [5, 5.41) is 14.1. The molecule has 0 fully saturated rings. The zero-order chi connectivity index (χ0) is 13.7. The summed E-state index contributed by atoms with van der Waals surface area (Å²) in [5.41, 5.74) is 3.22. The minimum Gasteiger partial charge on any atom is -0.354 e. The highest BCUT2D eigenvalue weighted by Gasteiger charge is 2.39. The minimum absolute atomic E-state index is 0.0421. The number of nitriles is 1. The number of anilines is 2. The molecule has 0 bridgehead atoms. The van der Waals surface area contributed by atoms with E-state index in [0.29, 0.717) is 11.3 Å². The molecule has 0 radical (unpaired) electrons. The summed E-state index contributed by atoms with van der Waals surface area (Å²) in [6.45, 7) is 0.813. The molecule has 5 heteroatoms. The van der Waals surface area contributed by atoms with Crippen LogP contribution in [-0.4, -0.2) is 12.5 Å². The topological polar surface area (TPSA) is 56.1 Å². The molecule has 1 atom stereocenters. The molecule has 4 nitrogen and oxygen atoms in total. The van der Waals surface area contributed by atoms with Gasteiger partial charge in [-0.15, -0.1) is 11.3 Å². The molecular weight excluding hydrogens is 270 g/mol.